The second-order valence-electron chi connectivity index (χ2n) is 4.55. The molecule has 2 amide bonds. The van der Waals surface area contributed by atoms with Crippen LogP contribution in [-0.2, 0) is 9.59 Å². The molecule has 0 aromatic rings. The van der Waals surface area contributed by atoms with Gasteiger partial charge >= 0.3 is 0 Å². The highest BCUT2D eigenvalue weighted by Crippen LogP contribution is 2.26. The second-order valence-corrected chi connectivity index (χ2v) is 4.55. The summed E-state index contributed by atoms with van der Waals surface area (Å²) in [7, 11) is 1.72. The van der Waals surface area contributed by atoms with Crippen molar-refractivity contribution in [1.29, 1.82) is 0 Å². The van der Waals surface area contributed by atoms with Gasteiger partial charge in [0.2, 0.25) is 11.8 Å². The van der Waals surface area contributed by atoms with Crippen molar-refractivity contribution in [2.75, 3.05) is 0 Å². The minimum atomic E-state index is -0.113. The topological polar surface area (TPSA) is 37.4 Å². The van der Waals surface area contributed by atoms with E-state index in [0.29, 0.717) is 6.42 Å². The monoisotopic (exact) mass is 194 g/mol. The number of imide groups is 1. The minimum Gasteiger partial charge on any atom is -0.333 e. The highest BCUT2D eigenvalue weighted by atomic mass is 16.2. The van der Waals surface area contributed by atoms with Crippen LogP contribution in [0.15, 0.2) is 0 Å². The third kappa shape index (κ3) is 2.17. The maximum atomic E-state index is 11.8. The standard InChI is InChI=1S/C10H17BNO2/c1-6(2)8-5-9(13)12(10(8)14)11-7(3)4/h6-8H,5H2,1-4H3. The van der Waals surface area contributed by atoms with Gasteiger partial charge in [-0.15, -0.1) is 0 Å². The van der Waals surface area contributed by atoms with E-state index >= 15 is 0 Å². The summed E-state index contributed by atoms with van der Waals surface area (Å²) in [6.45, 7) is 7.88. The smallest absolute Gasteiger partial charge is 0.263 e. The first-order valence-corrected chi connectivity index (χ1v) is 5.14. The van der Waals surface area contributed by atoms with Gasteiger partial charge in [0.25, 0.3) is 7.41 Å². The molecule has 1 saturated heterocycles. The Morgan fingerprint density at radius 3 is 2.21 bits per heavy atom. The summed E-state index contributed by atoms with van der Waals surface area (Å²) in [5.41, 5.74) is 0. The van der Waals surface area contributed by atoms with Crippen LogP contribution in [0.5, 0.6) is 0 Å². The summed E-state index contributed by atoms with van der Waals surface area (Å²) in [6, 6.07) is 0. The first-order chi connectivity index (χ1) is 6.43. The van der Waals surface area contributed by atoms with Crippen LogP contribution in [0.3, 0.4) is 0 Å². The van der Waals surface area contributed by atoms with E-state index in [1.54, 1.807) is 7.41 Å². The fraction of sp³-hybridized carbons (Fsp3) is 0.800. The molecule has 0 aliphatic carbocycles. The zero-order valence-corrected chi connectivity index (χ0v) is 9.28. The maximum absolute atomic E-state index is 11.8. The van der Waals surface area contributed by atoms with E-state index in [9.17, 15) is 9.59 Å². The molecule has 0 spiro atoms. The average Bonchev–Trinajstić information content (AvgIpc) is 2.31. The first kappa shape index (κ1) is 11.3. The van der Waals surface area contributed by atoms with Crippen molar-refractivity contribution < 1.29 is 9.59 Å². The molecular weight excluding hydrogens is 177 g/mol. The Morgan fingerprint density at radius 2 is 1.86 bits per heavy atom. The molecule has 0 saturated carbocycles. The number of rotatable bonds is 3. The van der Waals surface area contributed by atoms with Gasteiger partial charge in [-0.2, -0.15) is 0 Å². The Bertz CT molecular complexity index is 251. The van der Waals surface area contributed by atoms with E-state index in [4.69, 9.17) is 0 Å². The number of hydrogen-bond donors (Lipinski definition) is 0. The lowest BCUT2D eigenvalue weighted by atomic mass is 9.76. The van der Waals surface area contributed by atoms with Gasteiger partial charge in [-0.3, -0.25) is 9.59 Å². The van der Waals surface area contributed by atoms with Crippen LogP contribution in [0.2, 0.25) is 5.82 Å². The van der Waals surface area contributed by atoms with E-state index in [2.05, 4.69) is 0 Å². The fourth-order valence-electron chi connectivity index (χ4n) is 1.65. The summed E-state index contributed by atoms with van der Waals surface area (Å²) in [5, 5.41) is 0. The van der Waals surface area contributed by atoms with Crippen LogP contribution in [0.1, 0.15) is 34.1 Å². The molecule has 1 atom stereocenters. The number of nitrogens with zero attached hydrogens (tertiary/aromatic N) is 1. The second kappa shape index (κ2) is 4.15. The van der Waals surface area contributed by atoms with E-state index < -0.39 is 0 Å². The van der Waals surface area contributed by atoms with Crippen molar-refractivity contribution in [3.05, 3.63) is 0 Å². The number of carbonyl (C=O) groups is 2. The third-order valence-corrected chi connectivity index (χ3v) is 2.47. The van der Waals surface area contributed by atoms with Crippen LogP contribution in [0.4, 0.5) is 0 Å². The van der Waals surface area contributed by atoms with E-state index in [1.807, 2.05) is 27.7 Å². The molecule has 0 N–H and O–H groups in total. The van der Waals surface area contributed by atoms with Gasteiger partial charge in [0.15, 0.2) is 0 Å². The van der Waals surface area contributed by atoms with Gasteiger partial charge in [0, 0.05) is 12.3 Å². The van der Waals surface area contributed by atoms with E-state index in [0.717, 1.165) is 0 Å². The van der Waals surface area contributed by atoms with Gasteiger partial charge in [-0.1, -0.05) is 33.5 Å². The molecular formula is C10H17BNO2. The molecule has 1 unspecified atom stereocenters. The lowest BCUT2D eigenvalue weighted by Crippen LogP contribution is -2.36. The number of hydrogen-bond acceptors (Lipinski definition) is 2. The zero-order valence-electron chi connectivity index (χ0n) is 9.28. The Labute approximate surface area is 86.1 Å². The van der Waals surface area contributed by atoms with Crippen LogP contribution in [0, 0.1) is 11.8 Å². The van der Waals surface area contributed by atoms with Crippen LogP contribution >= 0.6 is 0 Å². The molecule has 0 bridgehead atoms. The summed E-state index contributed by atoms with van der Waals surface area (Å²) >= 11 is 0. The van der Waals surface area contributed by atoms with Gasteiger partial charge in [-0.25, -0.2) is 0 Å². The third-order valence-electron chi connectivity index (χ3n) is 2.47. The van der Waals surface area contributed by atoms with Crippen LogP contribution in [-0.4, -0.2) is 24.0 Å². The molecule has 1 aliphatic heterocycles. The summed E-state index contributed by atoms with van der Waals surface area (Å²) < 4.78 is 0. The van der Waals surface area contributed by atoms with Gasteiger partial charge in [0.05, 0.1) is 0 Å². The molecule has 1 fully saturated rings. The summed E-state index contributed by atoms with van der Waals surface area (Å²) in [6.07, 6.45) is 0.375. The molecule has 1 heterocycles. The SMILES string of the molecule is CC(C)[B]N1C(=O)CC(C(C)C)C1=O. The molecule has 3 nitrogen and oxygen atoms in total. The molecule has 1 aliphatic rings. The fourth-order valence-corrected chi connectivity index (χ4v) is 1.65. The molecule has 0 aromatic carbocycles. The Morgan fingerprint density at radius 1 is 1.29 bits per heavy atom. The van der Waals surface area contributed by atoms with Crippen molar-refractivity contribution in [2.45, 2.75) is 39.9 Å². The molecule has 0 aromatic heterocycles. The molecule has 1 radical (unpaired) electrons. The molecule has 4 heteroatoms. The van der Waals surface area contributed by atoms with Crippen LogP contribution < -0.4 is 0 Å². The summed E-state index contributed by atoms with van der Waals surface area (Å²) in [5.74, 6) is 0.282. The van der Waals surface area contributed by atoms with Gasteiger partial charge < -0.3 is 4.81 Å². The normalized spacial score (nSPS) is 22.7. The largest absolute Gasteiger partial charge is 0.333 e. The van der Waals surface area contributed by atoms with Crippen LogP contribution in [0.25, 0.3) is 0 Å². The predicted octanol–water partition coefficient (Wildman–Crippen LogP) is 1.47. The van der Waals surface area contributed by atoms with E-state index in [1.165, 1.54) is 4.81 Å². The van der Waals surface area contributed by atoms with E-state index in [-0.39, 0.29) is 29.5 Å². The lowest BCUT2D eigenvalue weighted by molar-refractivity contribution is -0.134. The molecule has 14 heavy (non-hydrogen) atoms. The van der Waals surface area contributed by atoms with Crippen molar-refractivity contribution in [3.63, 3.8) is 0 Å². The van der Waals surface area contributed by atoms with Crippen molar-refractivity contribution in [3.8, 4) is 0 Å². The van der Waals surface area contributed by atoms with Crippen molar-refractivity contribution >= 4 is 19.2 Å². The van der Waals surface area contributed by atoms with Gasteiger partial charge in [-0.05, 0) is 5.92 Å². The first-order valence-electron chi connectivity index (χ1n) is 5.14. The summed E-state index contributed by atoms with van der Waals surface area (Å²) in [4.78, 5) is 24.6. The average molecular weight is 194 g/mol. The molecule has 77 valence electrons. The minimum absolute atomic E-state index is 0.0290. The van der Waals surface area contributed by atoms with Crippen molar-refractivity contribution in [1.82, 2.24) is 4.81 Å². The Kier molecular flexibility index (Phi) is 3.35. The Balaban J connectivity index is 2.70. The highest BCUT2D eigenvalue weighted by Gasteiger charge is 2.39. The number of carbonyl (C=O) groups excluding carboxylic acids is 2. The number of amides is 2. The predicted molar refractivity (Wildman–Crippen MR) is 55.7 cm³/mol. The maximum Gasteiger partial charge on any atom is 0.263 e. The quantitative estimate of drug-likeness (QED) is 0.503. The Hall–Kier alpha value is -0.795. The van der Waals surface area contributed by atoms with Gasteiger partial charge in [0.1, 0.15) is 0 Å². The highest BCUT2D eigenvalue weighted by molar-refractivity contribution is 6.45. The van der Waals surface area contributed by atoms with Crippen molar-refractivity contribution in [2.24, 2.45) is 11.8 Å². The zero-order chi connectivity index (χ0) is 10.9. The molecule has 1 rings (SSSR count). The lowest BCUT2D eigenvalue weighted by Gasteiger charge is -2.17.